The molecular formula is C30H34N4O2S. The Balaban J connectivity index is 1.49. The molecule has 1 atom stereocenters. The smallest absolute Gasteiger partial charge is 0.234 e. The summed E-state index contributed by atoms with van der Waals surface area (Å²) in [5, 5.41) is 12.5. The Morgan fingerprint density at radius 2 is 1.43 bits per heavy atom. The number of amides is 1. The normalized spacial score (nSPS) is 12.1. The van der Waals surface area contributed by atoms with E-state index in [2.05, 4.69) is 55.3 Å². The maximum atomic E-state index is 12.7. The molecule has 192 valence electrons. The number of nitrogens with zero attached hydrogens (tertiary/aromatic N) is 3. The van der Waals surface area contributed by atoms with Gasteiger partial charge in [-0.05, 0) is 66.3 Å². The Morgan fingerprint density at radius 1 is 0.838 bits per heavy atom. The Bertz CT molecular complexity index is 1300. The van der Waals surface area contributed by atoms with Crippen molar-refractivity contribution in [2.24, 2.45) is 0 Å². The van der Waals surface area contributed by atoms with Crippen molar-refractivity contribution in [3.63, 3.8) is 0 Å². The molecule has 1 unspecified atom stereocenters. The maximum Gasteiger partial charge on any atom is 0.234 e. The first kappa shape index (κ1) is 26.5. The summed E-state index contributed by atoms with van der Waals surface area (Å²) in [6.45, 7) is 10.6. The predicted octanol–water partition coefficient (Wildman–Crippen LogP) is 7.38. The third-order valence-electron chi connectivity index (χ3n) is 6.09. The van der Waals surface area contributed by atoms with E-state index >= 15 is 0 Å². The average molecular weight is 515 g/mol. The lowest BCUT2D eigenvalue weighted by atomic mass is 10.0. The number of nitrogens with one attached hydrogen (secondary N) is 1. The summed E-state index contributed by atoms with van der Waals surface area (Å²) < 4.78 is 8.19. The largest absolute Gasteiger partial charge is 0.483 e. The number of para-hydroxylation sites is 1. The van der Waals surface area contributed by atoms with Crippen LogP contribution in [0, 0.1) is 0 Å². The van der Waals surface area contributed by atoms with Gasteiger partial charge in [-0.2, -0.15) is 0 Å². The van der Waals surface area contributed by atoms with Gasteiger partial charge in [-0.25, -0.2) is 0 Å². The van der Waals surface area contributed by atoms with Crippen molar-refractivity contribution in [3.8, 4) is 11.4 Å². The highest BCUT2D eigenvalue weighted by atomic mass is 32.2. The SMILES string of the molecule is CC(C)c1ccc(NC(=O)CSc2nnc(C(C)Oc3ccc(C(C)C)cc3)n2-c2ccccc2)cc1. The van der Waals surface area contributed by atoms with E-state index in [-0.39, 0.29) is 17.8 Å². The summed E-state index contributed by atoms with van der Waals surface area (Å²) in [4.78, 5) is 12.7. The highest BCUT2D eigenvalue weighted by Crippen LogP contribution is 2.29. The monoisotopic (exact) mass is 514 g/mol. The van der Waals surface area contributed by atoms with Gasteiger partial charge in [0.1, 0.15) is 5.75 Å². The zero-order valence-corrected chi connectivity index (χ0v) is 22.8. The van der Waals surface area contributed by atoms with Crippen molar-refractivity contribution in [2.75, 3.05) is 11.1 Å². The third-order valence-corrected chi connectivity index (χ3v) is 7.02. The molecule has 1 aromatic heterocycles. The fourth-order valence-corrected chi connectivity index (χ4v) is 4.68. The second-order valence-electron chi connectivity index (χ2n) is 9.61. The minimum absolute atomic E-state index is 0.0963. The van der Waals surface area contributed by atoms with Crippen molar-refractivity contribution in [3.05, 3.63) is 95.8 Å². The first-order valence-electron chi connectivity index (χ1n) is 12.6. The lowest BCUT2D eigenvalue weighted by molar-refractivity contribution is -0.113. The highest BCUT2D eigenvalue weighted by molar-refractivity contribution is 7.99. The minimum Gasteiger partial charge on any atom is -0.483 e. The van der Waals surface area contributed by atoms with E-state index in [0.717, 1.165) is 17.1 Å². The third kappa shape index (κ3) is 6.80. The molecule has 0 bridgehead atoms. The topological polar surface area (TPSA) is 69.0 Å². The van der Waals surface area contributed by atoms with E-state index in [1.807, 2.05) is 78.2 Å². The van der Waals surface area contributed by atoms with Crippen LogP contribution < -0.4 is 10.1 Å². The predicted molar refractivity (Wildman–Crippen MR) is 151 cm³/mol. The molecular weight excluding hydrogens is 480 g/mol. The van der Waals surface area contributed by atoms with Gasteiger partial charge in [-0.3, -0.25) is 9.36 Å². The average Bonchev–Trinajstić information content (AvgIpc) is 3.33. The lowest BCUT2D eigenvalue weighted by Crippen LogP contribution is -2.15. The van der Waals surface area contributed by atoms with Gasteiger partial charge in [-0.1, -0.05) is 81.9 Å². The number of ether oxygens (including phenoxy) is 1. The van der Waals surface area contributed by atoms with Gasteiger partial charge in [0.05, 0.1) is 5.75 Å². The van der Waals surface area contributed by atoms with E-state index in [1.165, 1.54) is 22.9 Å². The van der Waals surface area contributed by atoms with Gasteiger partial charge >= 0.3 is 0 Å². The fourth-order valence-electron chi connectivity index (χ4n) is 3.92. The van der Waals surface area contributed by atoms with Crippen molar-refractivity contribution >= 4 is 23.4 Å². The number of carbonyl (C=O) groups excluding carboxylic acids is 1. The number of rotatable bonds is 10. The standard InChI is InChI=1S/C30H34N4O2S/c1-20(2)23-11-15-25(16-12-23)31-28(35)19-37-30-33-32-29(34(30)26-9-7-6-8-10-26)22(5)36-27-17-13-24(14-18-27)21(3)4/h6-18,20-22H,19H2,1-5H3,(H,31,35). The first-order valence-corrected chi connectivity index (χ1v) is 13.6. The Hall–Kier alpha value is -3.58. The van der Waals surface area contributed by atoms with Crippen molar-refractivity contribution in [2.45, 2.75) is 57.7 Å². The molecule has 0 aliphatic heterocycles. The summed E-state index contributed by atoms with van der Waals surface area (Å²) in [7, 11) is 0. The van der Waals surface area contributed by atoms with Crippen LogP contribution in [0.3, 0.4) is 0 Å². The number of hydrogen-bond acceptors (Lipinski definition) is 5. The van der Waals surface area contributed by atoms with Crippen LogP contribution in [0.25, 0.3) is 5.69 Å². The fraction of sp³-hybridized carbons (Fsp3) is 0.300. The van der Waals surface area contributed by atoms with Crippen molar-refractivity contribution < 1.29 is 9.53 Å². The number of benzene rings is 3. The van der Waals surface area contributed by atoms with Gasteiger partial charge in [0.25, 0.3) is 0 Å². The number of carbonyl (C=O) groups is 1. The molecule has 4 rings (SSSR count). The van der Waals surface area contributed by atoms with E-state index in [4.69, 9.17) is 4.74 Å². The van der Waals surface area contributed by atoms with Crippen LogP contribution in [0.5, 0.6) is 5.75 Å². The molecule has 1 N–H and O–H groups in total. The molecule has 4 aromatic rings. The van der Waals surface area contributed by atoms with Crippen LogP contribution in [0.15, 0.2) is 84.0 Å². The lowest BCUT2D eigenvalue weighted by Gasteiger charge is -2.17. The molecule has 37 heavy (non-hydrogen) atoms. The molecule has 3 aromatic carbocycles. The van der Waals surface area contributed by atoms with Gasteiger partial charge in [0, 0.05) is 11.4 Å². The van der Waals surface area contributed by atoms with Crippen LogP contribution in [0.4, 0.5) is 5.69 Å². The second kappa shape index (κ2) is 12.1. The van der Waals surface area contributed by atoms with Crippen LogP contribution >= 0.6 is 11.8 Å². The summed E-state index contributed by atoms with van der Waals surface area (Å²) in [5.41, 5.74) is 4.20. The summed E-state index contributed by atoms with van der Waals surface area (Å²) in [5.74, 6) is 2.47. The van der Waals surface area contributed by atoms with Crippen molar-refractivity contribution in [1.29, 1.82) is 0 Å². The van der Waals surface area contributed by atoms with E-state index in [0.29, 0.717) is 22.8 Å². The van der Waals surface area contributed by atoms with Gasteiger partial charge < -0.3 is 10.1 Å². The van der Waals surface area contributed by atoms with Gasteiger partial charge in [0.15, 0.2) is 17.1 Å². The number of hydrogen-bond donors (Lipinski definition) is 1. The van der Waals surface area contributed by atoms with Gasteiger partial charge in [-0.15, -0.1) is 10.2 Å². The van der Waals surface area contributed by atoms with Crippen LogP contribution in [-0.2, 0) is 4.79 Å². The number of thioether (sulfide) groups is 1. The zero-order valence-electron chi connectivity index (χ0n) is 22.0. The van der Waals surface area contributed by atoms with Crippen molar-refractivity contribution in [1.82, 2.24) is 14.8 Å². The highest BCUT2D eigenvalue weighted by Gasteiger charge is 2.22. The minimum atomic E-state index is -0.347. The molecule has 0 fully saturated rings. The quantitative estimate of drug-likeness (QED) is 0.224. The molecule has 7 heteroatoms. The molecule has 0 spiro atoms. The molecule has 0 radical (unpaired) electrons. The molecule has 1 amide bonds. The van der Waals surface area contributed by atoms with Crippen LogP contribution in [-0.4, -0.2) is 26.4 Å². The molecule has 1 heterocycles. The zero-order chi connectivity index (χ0) is 26.4. The maximum absolute atomic E-state index is 12.7. The summed E-state index contributed by atoms with van der Waals surface area (Å²) >= 11 is 1.35. The molecule has 0 saturated heterocycles. The number of aromatic nitrogens is 3. The Kier molecular flexibility index (Phi) is 8.66. The molecule has 0 saturated carbocycles. The molecule has 0 aliphatic carbocycles. The summed E-state index contributed by atoms with van der Waals surface area (Å²) in [6, 6.07) is 26.0. The first-order chi connectivity index (χ1) is 17.8. The van der Waals surface area contributed by atoms with Crippen LogP contribution in [0.2, 0.25) is 0 Å². The van der Waals surface area contributed by atoms with E-state index in [1.54, 1.807) is 0 Å². The Morgan fingerprint density at radius 3 is 2.03 bits per heavy atom. The Labute approximate surface area is 223 Å². The van der Waals surface area contributed by atoms with E-state index in [9.17, 15) is 4.79 Å². The van der Waals surface area contributed by atoms with Crippen LogP contribution in [0.1, 0.15) is 69.5 Å². The van der Waals surface area contributed by atoms with E-state index < -0.39 is 0 Å². The molecule has 0 aliphatic rings. The summed E-state index contributed by atoms with van der Waals surface area (Å²) in [6.07, 6.45) is -0.347. The second-order valence-corrected chi connectivity index (χ2v) is 10.6. The number of anilines is 1. The molecule has 6 nitrogen and oxygen atoms in total. The van der Waals surface area contributed by atoms with Gasteiger partial charge in [0.2, 0.25) is 5.91 Å².